The van der Waals surface area contributed by atoms with Gasteiger partial charge in [-0.3, -0.25) is 0 Å². The number of rotatable bonds is 22. The molecule has 0 amide bonds. The summed E-state index contributed by atoms with van der Waals surface area (Å²) in [6.07, 6.45) is -27.7. The normalized spacial score (nSPS) is 13.8. The number of benzene rings is 1. The number of aromatic nitrogens is 2. The summed E-state index contributed by atoms with van der Waals surface area (Å²) >= 11 is 0. The van der Waals surface area contributed by atoms with E-state index >= 15 is 0 Å². The highest BCUT2D eigenvalue weighted by Gasteiger charge is 2.85. The van der Waals surface area contributed by atoms with Crippen molar-refractivity contribution in [1.29, 1.82) is 0 Å². The molecule has 2 aromatic rings. The van der Waals surface area contributed by atoms with Crippen LogP contribution in [0.25, 0.3) is 11.4 Å². The lowest BCUT2D eigenvalue weighted by Crippen LogP contribution is -2.64. The van der Waals surface area contributed by atoms with E-state index in [1.807, 2.05) is 6.92 Å². The molecule has 1 aromatic heterocycles. The third-order valence-corrected chi connectivity index (χ3v) is 6.22. The van der Waals surface area contributed by atoms with Crippen molar-refractivity contribution in [2.75, 3.05) is 26.4 Å². The van der Waals surface area contributed by atoms with Crippen molar-refractivity contribution in [2.24, 2.45) is 0 Å². The number of nitrogens with zero attached hydrogens (tertiary/aromatic N) is 2. The molecule has 0 unspecified atom stereocenters. The fourth-order valence-electron chi connectivity index (χ4n) is 3.67. The molecule has 0 N–H and O–H groups in total. The van der Waals surface area contributed by atoms with Gasteiger partial charge in [0.25, 0.3) is 0 Å². The zero-order valence-corrected chi connectivity index (χ0v) is 25.6. The Labute approximate surface area is 274 Å². The average Bonchev–Trinajstić information content (AvgIpc) is 2.99. The van der Waals surface area contributed by atoms with Crippen molar-refractivity contribution >= 4 is 0 Å². The Kier molecular flexibility index (Phi) is 14.4. The number of hydrogen-bond acceptors (Lipinski definition) is 7. The zero-order valence-electron chi connectivity index (χ0n) is 25.6. The van der Waals surface area contributed by atoms with E-state index in [4.69, 9.17) is 9.47 Å². The monoisotopic (exact) mass is 758 g/mol. The van der Waals surface area contributed by atoms with Crippen LogP contribution in [0.4, 0.5) is 65.9 Å². The van der Waals surface area contributed by atoms with Gasteiger partial charge >= 0.3 is 42.5 Å². The molecule has 50 heavy (non-hydrogen) atoms. The van der Waals surface area contributed by atoms with Crippen LogP contribution in [-0.4, -0.2) is 78.9 Å². The van der Waals surface area contributed by atoms with Gasteiger partial charge in [-0.1, -0.05) is 32.6 Å². The Bertz CT molecular complexity index is 1330. The second-order valence-corrected chi connectivity index (χ2v) is 10.3. The molecule has 0 radical (unpaired) electrons. The maximum atomic E-state index is 13.8. The molecular weight excluding hydrogens is 729 g/mol. The smallest absolute Gasteiger partial charge is 0.460 e. The molecule has 0 aliphatic carbocycles. The minimum atomic E-state index is -7.93. The van der Waals surface area contributed by atoms with Gasteiger partial charge in [0, 0.05) is 24.4 Å². The summed E-state index contributed by atoms with van der Waals surface area (Å²) in [6.45, 7) is -1.02. The first-order valence-electron chi connectivity index (χ1n) is 14.4. The molecule has 0 spiro atoms. The molecule has 0 bridgehead atoms. The van der Waals surface area contributed by atoms with Gasteiger partial charge in [0.2, 0.25) is 0 Å². The van der Waals surface area contributed by atoms with Crippen molar-refractivity contribution in [3.05, 3.63) is 36.7 Å². The summed E-state index contributed by atoms with van der Waals surface area (Å²) in [5, 5.41) is 0. The second-order valence-electron chi connectivity index (χ2n) is 10.3. The maximum absolute atomic E-state index is 13.8. The molecule has 1 aromatic carbocycles. The topological polar surface area (TPSA) is 71.9 Å². The van der Waals surface area contributed by atoms with Crippen molar-refractivity contribution in [3.63, 3.8) is 0 Å². The lowest BCUT2D eigenvalue weighted by atomic mass is 10.1. The number of ether oxygens (including phenoxy) is 5. The molecule has 0 saturated heterocycles. The van der Waals surface area contributed by atoms with Crippen LogP contribution < -0.4 is 9.47 Å². The van der Waals surface area contributed by atoms with E-state index in [-0.39, 0.29) is 24.5 Å². The van der Waals surface area contributed by atoms with Gasteiger partial charge in [-0.05, 0) is 30.7 Å². The van der Waals surface area contributed by atoms with E-state index in [0.29, 0.717) is 24.4 Å². The molecule has 0 saturated carbocycles. The van der Waals surface area contributed by atoms with Gasteiger partial charge in [0.15, 0.2) is 17.3 Å². The van der Waals surface area contributed by atoms with Crippen LogP contribution in [0, 0.1) is 0 Å². The van der Waals surface area contributed by atoms with Gasteiger partial charge in [-0.25, -0.2) is 19.4 Å². The predicted octanol–water partition coefficient (Wildman–Crippen LogP) is 9.52. The minimum absolute atomic E-state index is 0.171. The lowest BCUT2D eigenvalue weighted by molar-refractivity contribution is -0.543. The summed E-state index contributed by atoms with van der Waals surface area (Å²) in [7, 11) is 0. The van der Waals surface area contributed by atoms with E-state index in [0.717, 1.165) is 25.7 Å². The van der Waals surface area contributed by atoms with Gasteiger partial charge in [-0.2, -0.15) is 65.9 Å². The first-order chi connectivity index (χ1) is 22.9. The van der Waals surface area contributed by atoms with Gasteiger partial charge < -0.3 is 14.2 Å². The zero-order chi connectivity index (χ0) is 38.1. The number of halogens is 15. The van der Waals surface area contributed by atoms with Gasteiger partial charge in [0.1, 0.15) is 6.61 Å². The van der Waals surface area contributed by atoms with Crippen LogP contribution in [-0.2, 0) is 14.2 Å². The third kappa shape index (κ3) is 11.1. The highest BCUT2D eigenvalue weighted by atomic mass is 19.4. The fraction of sp³-hybridized carbons (Fsp3) is 0.643. The summed E-state index contributed by atoms with van der Waals surface area (Å²) in [6, 6.07) is 6.22. The quantitative estimate of drug-likeness (QED) is 0.0876. The molecule has 7 nitrogen and oxygen atoms in total. The third-order valence-electron chi connectivity index (χ3n) is 6.22. The minimum Gasteiger partial charge on any atom is -0.490 e. The second kappa shape index (κ2) is 16.8. The van der Waals surface area contributed by atoms with E-state index in [1.54, 1.807) is 22.9 Å². The molecule has 0 aliphatic heterocycles. The average molecular weight is 759 g/mol. The molecule has 1 heterocycles. The highest BCUT2D eigenvalue weighted by molar-refractivity contribution is 5.60. The van der Waals surface area contributed by atoms with Crippen LogP contribution in [0.1, 0.15) is 45.4 Å². The van der Waals surface area contributed by atoms with Crippen molar-refractivity contribution < 1.29 is 89.5 Å². The van der Waals surface area contributed by atoms with Crippen LogP contribution in [0.2, 0.25) is 0 Å². The van der Waals surface area contributed by atoms with E-state index < -0.39 is 55.7 Å². The maximum Gasteiger partial charge on any atom is 0.460 e. The van der Waals surface area contributed by atoms with Crippen molar-refractivity contribution in [1.82, 2.24) is 9.97 Å². The van der Waals surface area contributed by atoms with Crippen LogP contribution in [0.3, 0.4) is 0 Å². The van der Waals surface area contributed by atoms with Gasteiger partial charge in [-0.15, -0.1) is 0 Å². The molecule has 0 fully saturated rings. The molecular formula is C28H29F15N2O5. The van der Waals surface area contributed by atoms with Gasteiger partial charge in [0.05, 0.1) is 19.8 Å². The Morgan fingerprint density at radius 1 is 0.580 bits per heavy atom. The summed E-state index contributed by atoms with van der Waals surface area (Å²) in [5.74, 6) is -15.0. The van der Waals surface area contributed by atoms with E-state index in [2.05, 4.69) is 19.4 Å². The van der Waals surface area contributed by atoms with Crippen LogP contribution in [0.15, 0.2) is 36.7 Å². The first-order valence-corrected chi connectivity index (χ1v) is 14.4. The Morgan fingerprint density at radius 2 is 1.14 bits per heavy atom. The lowest BCUT2D eigenvalue weighted by Gasteiger charge is -2.36. The van der Waals surface area contributed by atoms with Crippen LogP contribution >= 0.6 is 0 Å². The highest BCUT2D eigenvalue weighted by Crippen LogP contribution is 2.56. The summed E-state index contributed by atoms with van der Waals surface area (Å²) < 4.78 is 217. The first kappa shape index (κ1) is 42.9. The predicted molar refractivity (Wildman–Crippen MR) is 141 cm³/mol. The van der Waals surface area contributed by atoms with Crippen LogP contribution in [0.5, 0.6) is 11.5 Å². The Hall–Kier alpha value is -3.27. The molecule has 0 aliphatic rings. The largest absolute Gasteiger partial charge is 0.490 e. The Morgan fingerprint density at radius 3 is 1.74 bits per heavy atom. The van der Waals surface area contributed by atoms with Crippen molar-refractivity contribution in [3.8, 4) is 22.9 Å². The van der Waals surface area contributed by atoms with E-state index in [1.165, 1.54) is 18.5 Å². The summed E-state index contributed by atoms with van der Waals surface area (Å²) in [4.78, 5) is 8.25. The molecule has 22 heteroatoms. The Balaban J connectivity index is 1.96. The number of alkyl halides is 15. The molecule has 286 valence electrons. The molecule has 2 rings (SSSR count). The molecule has 0 atom stereocenters. The van der Waals surface area contributed by atoms with Crippen molar-refractivity contribution in [2.45, 2.75) is 87.9 Å². The van der Waals surface area contributed by atoms with E-state index in [9.17, 15) is 65.9 Å². The number of hydrogen-bond donors (Lipinski definition) is 0. The number of unbranched alkanes of at least 4 members (excludes halogenated alkanes) is 4. The fourth-order valence-corrected chi connectivity index (χ4v) is 3.67. The standard InChI is InChI=1S/C28H29F15N2O5/c1-2-3-4-5-6-14-48-20-16-18(21-44-11-7-12-45-21)9-10-19(20)47-15-8-13-46-17-22(29,30)49-27(40,41)28(42,43)50-26(38,39)24(33,34)23(31,32)25(35,36)37/h7,9-12,16H,2-6,8,13-15,17H2,1H3. The summed E-state index contributed by atoms with van der Waals surface area (Å²) in [5.41, 5.74) is 0.550. The SMILES string of the molecule is CCCCCCCOc1cc(-c2ncccn2)ccc1OCCCOCC(F)(F)OC(F)(F)C(F)(F)OC(F)(F)C(F)(F)C(F)(F)C(F)(F)F.